The molecule has 2 fully saturated rings. The molecule has 1 saturated carbocycles. The summed E-state index contributed by atoms with van der Waals surface area (Å²) in [5, 5.41) is 7.99. The number of hydrogen-bond donors (Lipinski definition) is 1. The largest absolute Gasteiger partial charge is 0.457 e. The highest BCUT2D eigenvalue weighted by molar-refractivity contribution is 6.07. The number of nitrogens with one attached hydrogen (secondary N) is 1. The number of rotatable bonds is 4. The van der Waals surface area contributed by atoms with Crippen LogP contribution in [-0.2, 0) is 4.79 Å². The Bertz CT molecular complexity index is 902. The normalized spacial score (nSPS) is 24.8. The Morgan fingerprint density at radius 2 is 1.79 bits per heavy atom. The van der Waals surface area contributed by atoms with Crippen LogP contribution in [0.3, 0.4) is 0 Å². The Morgan fingerprint density at radius 3 is 2.54 bits per heavy atom. The summed E-state index contributed by atoms with van der Waals surface area (Å²) in [6.45, 7) is 2.18. The highest BCUT2D eigenvalue weighted by Crippen LogP contribution is 2.36. The molecule has 0 aromatic heterocycles. The lowest BCUT2D eigenvalue weighted by molar-refractivity contribution is -0.132. The van der Waals surface area contributed by atoms with Gasteiger partial charge >= 0.3 is 6.03 Å². The van der Waals surface area contributed by atoms with Crippen molar-refractivity contribution in [2.24, 2.45) is 11.0 Å². The van der Waals surface area contributed by atoms with Gasteiger partial charge in [-0.1, -0.05) is 37.3 Å². The lowest BCUT2D eigenvalue weighted by atomic mass is 9.77. The number of urea groups is 1. The molecule has 4 rings (SSSR count). The van der Waals surface area contributed by atoms with Crippen molar-refractivity contribution in [1.82, 2.24) is 10.3 Å². The summed E-state index contributed by atoms with van der Waals surface area (Å²) < 4.78 is 5.81. The SMILES string of the molecule is CC1CCC2(CC1)NC(=O)N(/N=C\c1cccc(Oc3ccccc3)c1)C2=O. The molecule has 3 amide bonds. The zero-order chi connectivity index (χ0) is 19.6. The number of hydrazone groups is 1. The topological polar surface area (TPSA) is 71.0 Å². The second-order valence-corrected chi connectivity index (χ2v) is 7.54. The van der Waals surface area contributed by atoms with Gasteiger partial charge in [-0.05, 0) is 61.4 Å². The molecule has 1 N–H and O–H groups in total. The first-order valence-corrected chi connectivity index (χ1v) is 9.59. The minimum Gasteiger partial charge on any atom is -0.457 e. The standard InChI is InChI=1S/C22H23N3O3/c1-16-10-12-22(13-11-16)20(26)25(21(27)24-22)23-15-17-6-5-9-19(14-17)28-18-7-3-2-4-8-18/h2-9,14-16H,10-13H2,1H3,(H,24,27)/b23-15-. The van der Waals surface area contributed by atoms with Gasteiger partial charge in [-0.25, -0.2) is 4.79 Å². The molecule has 2 aliphatic rings. The predicted octanol–water partition coefficient (Wildman–Crippen LogP) is 4.31. The van der Waals surface area contributed by atoms with Gasteiger partial charge in [-0.2, -0.15) is 5.10 Å². The molecule has 2 aromatic carbocycles. The quantitative estimate of drug-likeness (QED) is 0.637. The second kappa shape index (κ2) is 7.46. The van der Waals surface area contributed by atoms with E-state index in [0.717, 1.165) is 29.2 Å². The van der Waals surface area contributed by atoms with Gasteiger partial charge in [0.1, 0.15) is 17.0 Å². The Balaban J connectivity index is 1.47. The molecule has 0 unspecified atom stereocenters. The summed E-state index contributed by atoms with van der Waals surface area (Å²) in [4.78, 5) is 25.2. The summed E-state index contributed by atoms with van der Waals surface area (Å²) >= 11 is 0. The molecule has 0 atom stereocenters. The van der Waals surface area contributed by atoms with Gasteiger partial charge in [0.05, 0.1) is 6.21 Å². The number of carbonyl (C=O) groups is 2. The van der Waals surface area contributed by atoms with E-state index in [4.69, 9.17) is 4.74 Å². The van der Waals surface area contributed by atoms with Gasteiger partial charge in [-0.3, -0.25) is 4.79 Å². The van der Waals surface area contributed by atoms with Gasteiger partial charge in [0.2, 0.25) is 0 Å². The van der Waals surface area contributed by atoms with Crippen LogP contribution in [0.1, 0.15) is 38.2 Å². The zero-order valence-corrected chi connectivity index (χ0v) is 15.8. The van der Waals surface area contributed by atoms with E-state index in [1.165, 1.54) is 6.21 Å². The molecule has 144 valence electrons. The first-order valence-electron chi connectivity index (χ1n) is 9.59. The summed E-state index contributed by atoms with van der Waals surface area (Å²) in [7, 11) is 0. The Labute approximate surface area is 164 Å². The fourth-order valence-corrected chi connectivity index (χ4v) is 3.71. The number of ether oxygens (including phenoxy) is 1. The first kappa shape index (κ1) is 18.2. The van der Waals surface area contributed by atoms with Crippen LogP contribution in [0.5, 0.6) is 11.5 Å². The fraction of sp³-hybridized carbons (Fsp3) is 0.318. The van der Waals surface area contributed by atoms with Crippen LogP contribution in [0.25, 0.3) is 0 Å². The van der Waals surface area contributed by atoms with E-state index in [9.17, 15) is 9.59 Å². The molecule has 6 heteroatoms. The smallest absolute Gasteiger partial charge is 0.346 e. The van der Waals surface area contributed by atoms with Crippen LogP contribution in [0.4, 0.5) is 4.79 Å². The first-order chi connectivity index (χ1) is 13.6. The fourth-order valence-electron chi connectivity index (χ4n) is 3.71. The van der Waals surface area contributed by atoms with Crippen LogP contribution >= 0.6 is 0 Å². The van der Waals surface area contributed by atoms with E-state index >= 15 is 0 Å². The maximum Gasteiger partial charge on any atom is 0.346 e. The lowest BCUT2D eigenvalue weighted by Gasteiger charge is -2.33. The monoisotopic (exact) mass is 377 g/mol. The molecule has 1 saturated heterocycles. The molecule has 1 heterocycles. The van der Waals surface area contributed by atoms with Gasteiger partial charge in [0.15, 0.2) is 0 Å². The Morgan fingerprint density at radius 1 is 1.07 bits per heavy atom. The number of hydrogen-bond acceptors (Lipinski definition) is 4. The van der Waals surface area contributed by atoms with Crippen LogP contribution in [-0.4, -0.2) is 28.7 Å². The summed E-state index contributed by atoms with van der Waals surface area (Å²) in [5.41, 5.74) is -0.0357. The van der Waals surface area contributed by atoms with Crippen molar-refractivity contribution in [1.29, 1.82) is 0 Å². The molecule has 6 nitrogen and oxygen atoms in total. The minimum atomic E-state index is -0.779. The molecule has 1 aliphatic heterocycles. The van der Waals surface area contributed by atoms with Crippen LogP contribution < -0.4 is 10.1 Å². The number of benzene rings is 2. The lowest BCUT2D eigenvalue weighted by Crippen LogP contribution is -2.49. The zero-order valence-electron chi connectivity index (χ0n) is 15.8. The number of imide groups is 1. The third-order valence-electron chi connectivity index (χ3n) is 5.43. The highest BCUT2D eigenvalue weighted by Gasteiger charge is 2.52. The van der Waals surface area contributed by atoms with Gasteiger partial charge in [0.25, 0.3) is 5.91 Å². The second-order valence-electron chi connectivity index (χ2n) is 7.54. The molecule has 1 aliphatic carbocycles. The van der Waals surface area contributed by atoms with Crippen molar-refractivity contribution in [2.75, 3.05) is 0 Å². The van der Waals surface area contributed by atoms with Crippen molar-refractivity contribution in [3.63, 3.8) is 0 Å². The highest BCUT2D eigenvalue weighted by atomic mass is 16.5. The maximum atomic E-state index is 12.8. The van der Waals surface area contributed by atoms with E-state index in [1.54, 1.807) is 0 Å². The average Bonchev–Trinajstić information content (AvgIpc) is 2.93. The molecule has 28 heavy (non-hydrogen) atoms. The van der Waals surface area contributed by atoms with Gasteiger partial charge < -0.3 is 10.1 Å². The predicted molar refractivity (Wildman–Crippen MR) is 106 cm³/mol. The Kier molecular flexibility index (Phi) is 4.86. The molecular formula is C22H23N3O3. The number of para-hydroxylation sites is 1. The van der Waals surface area contributed by atoms with E-state index in [0.29, 0.717) is 24.5 Å². The number of amides is 3. The summed E-state index contributed by atoms with van der Waals surface area (Å²) in [6.07, 6.45) is 4.72. The number of carbonyl (C=O) groups excluding carboxylic acids is 2. The van der Waals surface area contributed by atoms with E-state index in [2.05, 4.69) is 17.3 Å². The summed E-state index contributed by atoms with van der Waals surface area (Å²) in [5.74, 6) is 1.72. The summed E-state index contributed by atoms with van der Waals surface area (Å²) in [6, 6.07) is 16.4. The van der Waals surface area contributed by atoms with Crippen molar-refractivity contribution in [3.05, 3.63) is 60.2 Å². The van der Waals surface area contributed by atoms with Crippen LogP contribution in [0, 0.1) is 5.92 Å². The van der Waals surface area contributed by atoms with Crippen molar-refractivity contribution in [3.8, 4) is 11.5 Å². The third-order valence-corrected chi connectivity index (χ3v) is 5.43. The van der Waals surface area contributed by atoms with E-state index in [-0.39, 0.29) is 5.91 Å². The molecule has 1 spiro atoms. The van der Waals surface area contributed by atoms with E-state index in [1.807, 2.05) is 54.6 Å². The van der Waals surface area contributed by atoms with E-state index < -0.39 is 11.6 Å². The number of nitrogens with zero attached hydrogens (tertiary/aromatic N) is 2. The van der Waals surface area contributed by atoms with Crippen molar-refractivity contribution >= 4 is 18.2 Å². The maximum absolute atomic E-state index is 12.8. The van der Waals surface area contributed by atoms with Crippen LogP contribution in [0.15, 0.2) is 59.7 Å². The third kappa shape index (κ3) is 3.63. The molecular weight excluding hydrogens is 354 g/mol. The minimum absolute atomic E-state index is 0.252. The molecule has 0 radical (unpaired) electrons. The van der Waals surface area contributed by atoms with Crippen molar-refractivity contribution < 1.29 is 14.3 Å². The molecule has 0 bridgehead atoms. The average molecular weight is 377 g/mol. The van der Waals surface area contributed by atoms with Crippen LogP contribution in [0.2, 0.25) is 0 Å². The van der Waals surface area contributed by atoms with Gasteiger partial charge in [0, 0.05) is 0 Å². The molecule has 2 aromatic rings. The van der Waals surface area contributed by atoms with Crippen molar-refractivity contribution in [2.45, 2.75) is 38.1 Å². The Hall–Kier alpha value is -3.15. The van der Waals surface area contributed by atoms with Gasteiger partial charge in [-0.15, -0.1) is 5.01 Å².